The highest BCUT2D eigenvalue weighted by molar-refractivity contribution is 5.98. The molecule has 3 N–H and O–H groups in total. The largest absolute Gasteiger partial charge is 0.481 e. The van der Waals surface area contributed by atoms with E-state index in [4.69, 9.17) is 5.11 Å². The molecule has 6 heteroatoms. The normalized spacial score (nSPS) is 21.7. The van der Waals surface area contributed by atoms with E-state index in [9.17, 15) is 14.4 Å². The van der Waals surface area contributed by atoms with Crippen LogP contribution in [0.4, 0.5) is 5.69 Å². The van der Waals surface area contributed by atoms with Gasteiger partial charge in [0, 0.05) is 23.7 Å². The Morgan fingerprint density at radius 1 is 1.04 bits per heavy atom. The molecule has 2 amide bonds. The molecule has 2 aromatic rings. The summed E-state index contributed by atoms with van der Waals surface area (Å²) in [4.78, 5) is 35.0. The Bertz CT molecular complexity index is 907. The van der Waals surface area contributed by atoms with E-state index in [1.807, 2.05) is 12.1 Å². The van der Waals surface area contributed by atoms with Gasteiger partial charge in [0.25, 0.3) is 5.91 Å². The molecule has 0 heterocycles. The lowest BCUT2D eigenvalue weighted by atomic mass is 10.0. The quantitative estimate of drug-likeness (QED) is 0.733. The number of carboxylic acids is 1. The standard InChI is InChI=1S/C21H20N2O4/c24-17(25)9-10-22-20(26)12-5-7-14(8-6-12)23-21(27)19-16-11-13-3-1-2-4-15(13)18(16)19/h1-8,16,18-19H,9-11H2,(H,22,26)(H,23,27)(H,24,25). The molecule has 3 unspecified atom stereocenters. The molecule has 6 nitrogen and oxygen atoms in total. The van der Waals surface area contributed by atoms with Crippen molar-refractivity contribution in [3.8, 4) is 0 Å². The first-order chi connectivity index (χ1) is 13.0. The second-order valence-corrected chi connectivity index (χ2v) is 7.08. The van der Waals surface area contributed by atoms with Gasteiger partial charge in [0.2, 0.25) is 5.91 Å². The fraction of sp³-hybridized carbons (Fsp3) is 0.286. The second kappa shape index (κ2) is 6.87. The summed E-state index contributed by atoms with van der Waals surface area (Å²) in [5.74, 6) is -0.498. The lowest BCUT2D eigenvalue weighted by molar-refractivity contribution is -0.136. The van der Waals surface area contributed by atoms with E-state index in [-0.39, 0.29) is 30.7 Å². The zero-order valence-corrected chi connectivity index (χ0v) is 14.6. The van der Waals surface area contributed by atoms with Gasteiger partial charge in [-0.3, -0.25) is 14.4 Å². The lowest BCUT2D eigenvalue weighted by Crippen LogP contribution is -2.26. The molecule has 0 saturated heterocycles. The van der Waals surface area contributed by atoms with Crippen LogP contribution in [-0.2, 0) is 16.0 Å². The highest BCUT2D eigenvalue weighted by Crippen LogP contribution is 2.61. The topological polar surface area (TPSA) is 95.5 Å². The van der Waals surface area contributed by atoms with Gasteiger partial charge in [-0.05, 0) is 53.6 Å². The maximum Gasteiger partial charge on any atom is 0.305 e. The number of carboxylic acid groups (broad SMARTS) is 1. The fourth-order valence-corrected chi connectivity index (χ4v) is 4.02. The van der Waals surface area contributed by atoms with Crippen molar-refractivity contribution in [2.75, 3.05) is 11.9 Å². The van der Waals surface area contributed by atoms with Crippen molar-refractivity contribution in [1.29, 1.82) is 0 Å². The predicted octanol–water partition coefficient (Wildman–Crippen LogP) is 2.42. The smallest absolute Gasteiger partial charge is 0.305 e. The lowest BCUT2D eigenvalue weighted by Gasteiger charge is -2.09. The van der Waals surface area contributed by atoms with E-state index in [2.05, 4.69) is 22.8 Å². The zero-order valence-electron chi connectivity index (χ0n) is 14.6. The summed E-state index contributed by atoms with van der Waals surface area (Å²) >= 11 is 0. The SMILES string of the molecule is O=C(O)CCNC(=O)c1ccc(NC(=O)C2C3Cc4ccccc4C32)cc1. The van der Waals surface area contributed by atoms with Gasteiger partial charge < -0.3 is 15.7 Å². The third-order valence-electron chi connectivity index (χ3n) is 5.38. The van der Waals surface area contributed by atoms with Crippen LogP contribution in [0, 0.1) is 11.8 Å². The van der Waals surface area contributed by atoms with Gasteiger partial charge in [-0.15, -0.1) is 0 Å². The Hall–Kier alpha value is -3.15. The van der Waals surface area contributed by atoms with Gasteiger partial charge in [-0.1, -0.05) is 24.3 Å². The van der Waals surface area contributed by atoms with Gasteiger partial charge in [-0.2, -0.15) is 0 Å². The number of rotatable bonds is 6. The number of carbonyl (C=O) groups is 3. The van der Waals surface area contributed by atoms with Crippen LogP contribution in [-0.4, -0.2) is 29.4 Å². The highest BCUT2D eigenvalue weighted by atomic mass is 16.4. The van der Waals surface area contributed by atoms with Crippen LogP contribution in [0.25, 0.3) is 0 Å². The Balaban J connectivity index is 1.33. The van der Waals surface area contributed by atoms with E-state index in [1.165, 1.54) is 11.1 Å². The third kappa shape index (κ3) is 3.43. The van der Waals surface area contributed by atoms with Crippen molar-refractivity contribution in [3.63, 3.8) is 0 Å². The minimum Gasteiger partial charge on any atom is -0.481 e. The molecule has 27 heavy (non-hydrogen) atoms. The Morgan fingerprint density at radius 2 is 1.78 bits per heavy atom. The number of nitrogens with one attached hydrogen (secondary N) is 2. The minimum absolute atomic E-state index is 0.0261. The van der Waals surface area contributed by atoms with Gasteiger partial charge in [0.1, 0.15) is 0 Å². The number of fused-ring (bicyclic) bond motifs is 3. The zero-order chi connectivity index (χ0) is 19.0. The summed E-state index contributed by atoms with van der Waals surface area (Å²) in [6, 6.07) is 14.9. The number of aliphatic carboxylic acids is 1. The van der Waals surface area contributed by atoms with Crippen LogP contribution in [0.5, 0.6) is 0 Å². The first-order valence-electron chi connectivity index (χ1n) is 9.03. The van der Waals surface area contributed by atoms with Gasteiger partial charge >= 0.3 is 5.97 Å². The third-order valence-corrected chi connectivity index (χ3v) is 5.38. The van der Waals surface area contributed by atoms with Crippen molar-refractivity contribution < 1.29 is 19.5 Å². The molecule has 1 saturated carbocycles. The van der Waals surface area contributed by atoms with Crippen LogP contribution in [0.3, 0.4) is 0 Å². The average Bonchev–Trinajstić information content (AvgIpc) is 3.24. The van der Waals surface area contributed by atoms with Crippen molar-refractivity contribution in [2.45, 2.75) is 18.8 Å². The van der Waals surface area contributed by atoms with Crippen molar-refractivity contribution in [1.82, 2.24) is 5.32 Å². The average molecular weight is 364 g/mol. The van der Waals surface area contributed by atoms with Crippen LogP contribution < -0.4 is 10.6 Å². The molecule has 0 spiro atoms. The highest BCUT2D eigenvalue weighted by Gasteiger charge is 2.59. The summed E-state index contributed by atoms with van der Waals surface area (Å²) in [6.45, 7) is 0.0819. The Labute approximate surface area is 156 Å². The molecule has 0 aromatic heterocycles. The minimum atomic E-state index is -0.958. The summed E-state index contributed by atoms with van der Waals surface area (Å²) in [7, 11) is 0. The molecular weight excluding hydrogens is 344 g/mol. The van der Waals surface area contributed by atoms with E-state index >= 15 is 0 Å². The molecular formula is C21H20N2O4. The van der Waals surface area contributed by atoms with Crippen LogP contribution in [0.1, 0.15) is 33.8 Å². The number of hydrogen-bond donors (Lipinski definition) is 3. The van der Waals surface area contributed by atoms with Gasteiger partial charge in [0.05, 0.1) is 6.42 Å². The molecule has 2 aliphatic rings. The first-order valence-corrected chi connectivity index (χ1v) is 9.03. The Kier molecular flexibility index (Phi) is 4.39. The van der Waals surface area contributed by atoms with E-state index < -0.39 is 5.97 Å². The molecule has 4 rings (SSSR count). The molecule has 2 aliphatic carbocycles. The number of carbonyl (C=O) groups excluding carboxylic acids is 2. The van der Waals surface area contributed by atoms with Crippen molar-refractivity contribution >= 4 is 23.5 Å². The number of anilines is 1. The predicted molar refractivity (Wildman–Crippen MR) is 99.5 cm³/mol. The van der Waals surface area contributed by atoms with Gasteiger partial charge in [0.15, 0.2) is 0 Å². The summed E-state index contributed by atoms with van der Waals surface area (Å²) in [5, 5.41) is 14.1. The van der Waals surface area contributed by atoms with Crippen LogP contribution in [0.15, 0.2) is 48.5 Å². The van der Waals surface area contributed by atoms with E-state index in [0.29, 0.717) is 23.1 Å². The van der Waals surface area contributed by atoms with E-state index in [0.717, 1.165) is 6.42 Å². The van der Waals surface area contributed by atoms with Crippen molar-refractivity contribution in [2.24, 2.45) is 11.8 Å². The number of hydrogen-bond acceptors (Lipinski definition) is 3. The molecule has 0 aliphatic heterocycles. The van der Waals surface area contributed by atoms with Crippen LogP contribution >= 0.6 is 0 Å². The molecule has 1 fully saturated rings. The Morgan fingerprint density at radius 3 is 2.52 bits per heavy atom. The van der Waals surface area contributed by atoms with Gasteiger partial charge in [-0.25, -0.2) is 0 Å². The maximum absolute atomic E-state index is 12.6. The van der Waals surface area contributed by atoms with Crippen LogP contribution in [0.2, 0.25) is 0 Å². The molecule has 0 bridgehead atoms. The fourth-order valence-electron chi connectivity index (χ4n) is 4.02. The molecule has 2 aromatic carbocycles. The first kappa shape index (κ1) is 17.3. The molecule has 3 atom stereocenters. The summed E-state index contributed by atoms with van der Waals surface area (Å²) in [5.41, 5.74) is 3.74. The summed E-state index contributed by atoms with van der Waals surface area (Å²) in [6.07, 6.45) is 0.848. The monoisotopic (exact) mass is 364 g/mol. The summed E-state index contributed by atoms with van der Waals surface area (Å²) < 4.78 is 0. The number of benzene rings is 2. The molecule has 138 valence electrons. The molecule has 0 radical (unpaired) electrons. The van der Waals surface area contributed by atoms with Crippen molar-refractivity contribution in [3.05, 3.63) is 65.2 Å². The van der Waals surface area contributed by atoms with E-state index in [1.54, 1.807) is 24.3 Å². The maximum atomic E-state index is 12.6. The second-order valence-electron chi connectivity index (χ2n) is 7.08. The number of amides is 2.